The number of fused-ring (bicyclic) bond motifs is 1. The van der Waals surface area contributed by atoms with Crippen LogP contribution in [0.1, 0.15) is 45.6 Å². The number of pyridine rings is 2. The van der Waals surface area contributed by atoms with E-state index < -0.39 is 0 Å². The lowest BCUT2D eigenvalue weighted by Crippen LogP contribution is -2.52. The molecule has 0 spiro atoms. The Morgan fingerprint density at radius 2 is 1.88 bits per heavy atom. The Hall–Kier alpha value is -3.68. The van der Waals surface area contributed by atoms with E-state index in [1.165, 1.54) is 0 Å². The fraction of sp³-hybridized carbons (Fsp3) is 0.548. The second-order valence-corrected chi connectivity index (χ2v) is 11.7. The first-order valence-corrected chi connectivity index (χ1v) is 14.7. The molecule has 3 aromatic heterocycles. The van der Waals surface area contributed by atoms with Crippen LogP contribution in [0.25, 0.3) is 16.6 Å². The summed E-state index contributed by atoms with van der Waals surface area (Å²) in [6.07, 6.45) is 7.41. The fourth-order valence-electron chi connectivity index (χ4n) is 6.07. The average Bonchev–Trinajstić information content (AvgIpc) is 3.37. The molecule has 41 heavy (non-hydrogen) atoms. The molecule has 0 saturated carbocycles. The number of rotatable bonds is 9. The highest BCUT2D eigenvalue weighted by Gasteiger charge is 2.39. The topological polar surface area (TPSA) is 99.2 Å². The van der Waals surface area contributed by atoms with Crippen molar-refractivity contribution in [1.29, 1.82) is 5.26 Å². The van der Waals surface area contributed by atoms with Gasteiger partial charge in [0.1, 0.15) is 17.6 Å². The van der Waals surface area contributed by atoms with Crippen LogP contribution in [0, 0.1) is 16.7 Å². The molecular weight excluding hydrogens is 518 g/mol. The number of likely N-dealkylation sites (N-methyl/N-ethyl adjacent to an activating group) is 1. The first kappa shape index (κ1) is 28.8. The highest BCUT2D eigenvalue weighted by Crippen LogP contribution is 2.38. The van der Waals surface area contributed by atoms with Crippen molar-refractivity contribution in [2.45, 2.75) is 46.1 Å². The molecule has 10 heteroatoms. The third kappa shape index (κ3) is 6.63. The Morgan fingerprint density at radius 1 is 1.12 bits per heavy atom. The quantitative estimate of drug-likeness (QED) is 0.362. The third-order valence-electron chi connectivity index (χ3n) is 8.27. The molecule has 2 fully saturated rings. The Labute approximate surface area is 242 Å². The molecule has 0 aliphatic carbocycles. The summed E-state index contributed by atoms with van der Waals surface area (Å²) in [6, 6.07) is 8.29. The molecule has 0 aromatic carbocycles. The third-order valence-corrected chi connectivity index (χ3v) is 8.27. The molecule has 3 aromatic rings. The Morgan fingerprint density at radius 3 is 2.51 bits per heavy atom. The number of esters is 1. The van der Waals surface area contributed by atoms with Crippen LogP contribution in [0.5, 0.6) is 5.75 Å². The SMILES string of the molecule is CCOc1cc(-c2ccc(N3CCC(CC(=O)OC(C)C)(CN4CCN(C)CC4)CC3)nc2)c2c(C#N)cnn2c1. The molecule has 0 unspecified atom stereocenters. The summed E-state index contributed by atoms with van der Waals surface area (Å²) in [5, 5.41) is 14.0. The number of ether oxygens (including phenoxy) is 2. The van der Waals surface area contributed by atoms with E-state index in [1.54, 1.807) is 16.9 Å². The van der Waals surface area contributed by atoms with Crippen LogP contribution in [0.2, 0.25) is 0 Å². The number of anilines is 1. The zero-order valence-corrected chi connectivity index (χ0v) is 24.7. The summed E-state index contributed by atoms with van der Waals surface area (Å²) in [6.45, 7) is 13.1. The molecule has 2 aliphatic rings. The minimum Gasteiger partial charge on any atom is -0.492 e. The average molecular weight is 560 g/mol. The van der Waals surface area contributed by atoms with Gasteiger partial charge < -0.3 is 24.2 Å². The van der Waals surface area contributed by atoms with Crippen LogP contribution < -0.4 is 9.64 Å². The van der Waals surface area contributed by atoms with Crippen molar-refractivity contribution in [3.8, 4) is 22.9 Å². The lowest BCUT2D eigenvalue weighted by atomic mass is 9.75. The van der Waals surface area contributed by atoms with Crippen LogP contribution in [-0.4, -0.2) is 95.9 Å². The second-order valence-electron chi connectivity index (χ2n) is 11.7. The number of aromatic nitrogens is 3. The number of carbonyl (C=O) groups is 1. The zero-order chi connectivity index (χ0) is 29.0. The molecule has 0 N–H and O–H groups in total. The van der Waals surface area contributed by atoms with E-state index in [1.807, 2.05) is 45.2 Å². The lowest BCUT2D eigenvalue weighted by molar-refractivity contribution is -0.151. The minimum absolute atomic E-state index is 0.0951. The lowest BCUT2D eigenvalue weighted by Gasteiger charge is -2.45. The van der Waals surface area contributed by atoms with Crippen LogP contribution >= 0.6 is 0 Å². The first-order chi connectivity index (χ1) is 19.8. The van der Waals surface area contributed by atoms with Gasteiger partial charge in [-0.3, -0.25) is 4.79 Å². The van der Waals surface area contributed by atoms with Crippen molar-refractivity contribution < 1.29 is 14.3 Å². The van der Waals surface area contributed by atoms with Crippen molar-refractivity contribution >= 4 is 17.3 Å². The van der Waals surface area contributed by atoms with E-state index in [0.717, 1.165) is 81.1 Å². The van der Waals surface area contributed by atoms with Crippen LogP contribution in [-0.2, 0) is 9.53 Å². The minimum atomic E-state index is -0.103. The summed E-state index contributed by atoms with van der Waals surface area (Å²) in [5.74, 6) is 1.51. The van der Waals surface area contributed by atoms with Gasteiger partial charge in [-0.05, 0) is 64.3 Å². The second kappa shape index (κ2) is 12.5. The number of piperidine rings is 1. The zero-order valence-electron chi connectivity index (χ0n) is 24.7. The normalized spacial score (nSPS) is 18.0. The van der Waals surface area contributed by atoms with Crippen LogP contribution in [0.4, 0.5) is 5.82 Å². The molecule has 0 bridgehead atoms. The van der Waals surface area contributed by atoms with Gasteiger partial charge in [0, 0.05) is 63.1 Å². The van der Waals surface area contributed by atoms with Crippen molar-refractivity contribution in [1.82, 2.24) is 24.4 Å². The summed E-state index contributed by atoms with van der Waals surface area (Å²) >= 11 is 0. The van der Waals surface area contributed by atoms with Gasteiger partial charge in [0.05, 0.1) is 42.6 Å². The van der Waals surface area contributed by atoms with E-state index in [-0.39, 0.29) is 17.5 Å². The highest BCUT2D eigenvalue weighted by molar-refractivity contribution is 5.85. The van der Waals surface area contributed by atoms with Crippen LogP contribution in [0.3, 0.4) is 0 Å². The smallest absolute Gasteiger partial charge is 0.306 e. The van der Waals surface area contributed by atoms with Gasteiger partial charge in [0.25, 0.3) is 0 Å². The molecule has 0 amide bonds. The maximum absolute atomic E-state index is 12.8. The van der Waals surface area contributed by atoms with Crippen molar-refractivity contribution in [3.05, 3.63) is 42.4 Å². The number of hydrogen-bond donors (Lipinski definition) is 0. The van der Waals surface area contributed by atoms with Crippen LogP contribution in [0.15, 0.2) is 36.8 Å². The van der Waals surface area contributed by atoms with E-state index in [2.05, 4.69) is 32.9 Å². The Kier molecular flexibility index (Phi) is 8.76. The Balaban J connectivity index is 1.33. The predicted octanol–water partition coefficient (Wildman–Crippen LogP) is 3.84. The molecule has 2 saturated heterocycles. The molecular formula is C31H41N7O3. The van der Waals surface area contributed by atoms with E-state index >= 15 is 0 Å². The summed E-state index contributed by atoms with van der Waals surface area (Å²) < 4.78 is 13.0. The van der Waals surface area contributed by atoms with E-state index in [9.17, 15) is 10.1 Å². The fourth-order valence-corrected chi connectivity index (χ4v) is 6.07. The molecule has 5 rings (SSSR count). The molecule has 10 nitrogen and oxygen atoms in total. The maximum Gasteiger partial charge on any atom is 0.306 e. The van der Waals surface area contributed by atoms with E-state index in [4.69, 9.17) is 14.5 Å². The monoisotopic (exact) mass is 559 g/mol. The number of piperazine rings is 1. The first-order valence-electron chi connectivity index (χ1n) is 14.7. The van der Waals surface area contributed by atoms with Gasteiger partial charge in [-0.15, -0.1) is 0 Å². The predicted molar refractivity (Wildman–Crippen MR) is 158 cm³/mol. The number of hydrogen-bond acceptors (Lipinski definition) is 9. The standard InChI is InChI=1S/C31H41N7O3/c1-5-40-26-16-27(30-25(18-32)20-34-38(30)21-26)24-6-7-28(33-19-24)37-10-8-31(9-11-37,17-29(39)41-23(2)3)22-36-14-12-35(4)13-15-36/h6-7,16,19-21,23H,5,8-15,17,22H2,1-4H3. The van der Waals surface area contributed by atoms with Crippen molar-refractivity contribution in [2.24, 2.45) is 5.41 Å². The molecule has 2 aliphatic heterocycles. The van der Waals surface area contributed by atoms with Gasteiger partial charge in [-0.1, -0.05) is 0 Å². The van der Waals surface area contributed by atoms with Crippen molar-refractivity contribution in [3.63, 3.8) is 0 Å². The van der Waals surface area contributed by atoms with Gasteiger partial charge in [0.2, 0.25) is 0 Å². The molecule has 5 heterocycles. The number of nitriles is 1. The van der Waals surface area contributed by atoms with E-state index in [0.29, 0.717) is 24.3 Å². The van der Waals surface area contributed by atoms with Gasteiger partial charge >= 0.3 is 5.97 Å². The molecule has 0 atom stereocenters. The Bertz CT molecular complexity index is 1380. The van der Waals surface area contributed by atoms with Gasteiger partial charge in [0.15, 0.2) is 0 Å². The highest BCUT2D eigenvalue weighted by atomic mass is 16.5. The summed E-state index contributed by atoms with van der Waals surface area (Å²) in [7, 11) is 2.17. The molecule has 218 valence electrons. The van der Waals surface area contributed by atoms with Gasteiger partial charge in [-0.25, -0.2) is 9.50 Å². The van der Waals surface area contributed by atoms with Crippen molar-refractivity contribution in [2.75, 3.05) is 64.4 Å². The molecule has 0 radical (unpaired) electrons. The number of carbonyl (C=O) groups excluding carboxylic acids is 1. The van der Waals surface area contributed by atoms with Gasteiger partial charge in [-0.2, -0.15) is 10.4 Å². The largest absolute Gasteiger partial charge is 0.492 e. The summed E-state index contributed by atoms with van der Waals surface area (Å²) in [4.78, 5) is 24.9. The number of nitrogens with zero attached hydrogens (tertiary/aromatic N) is 7. The summed E-state index contributed by atoms with van der Waals surface area (Å²) in [5.41, 5.74) is 2.91. The maximum atomic E-state index is 12.8.